The quantitative estimate of drug-likeness (QED) is 0.573. The second-order valence-electron chi connectivity index (χ2n) is 6.86. The van der Waals surface area contributed by atoms with Crippen LogP contribution in [0.1, 0.15) is 24.5 Å². The van der Waals surface area contributed by atoms with E-state index in [9.17, 15) is 4.79 Å². The van der Waals surface area contributed by atoms with Gasteiger partial charge in [-0.05, 0) is 38.0 Å². The Labute approximate surface area is 172 Å². The Morgan fingerprint density at radius 3 is 2.72 bits per heavy atom. The Kier molecular flexibility index (Phi) is 7.28. The fourth-order valence-corrected chi connectivity index (χ4v) is 3.16. The molecule has 1 heterocycles. The number of nitrogens with zero attached hydrogens (tertiary/aromatic N) is 3. The summed E-state index contributed by atoms with van der Waals surface area (Å²) in [5.74, 6) is 0.818. The molecule has 1 N–H and O–H groups in total. The number of ether oxygens (including phenoxy) is 1. The number of benzene rings is 2. The van der Waals surface area contributed by atoms with Crippen LogP contribution in [-0.4, -0.2) is 33.6 Å². The minimum absolute atomic E-state index is 0.115. The van der Waals surface area contributed by atoms with Gasteiger partial charge in [0.05, 0.1) is 19.5 Å². The summed E-state index contributed by atoms with van der Waals surface area (Å²) in [7, 11) is 0. The van der Waals surface area contributed by atoms with Gasteiger partial charge in [-0.3, -0.25) is 0 Å². The minimum atomic E-state index is -0.115. The van der Waals surface area contributed by atoms with Crippen LogP contribution in [0, 0.1) is 6.92 Å². The van der Waals surface area contributed by atoms with Crippen molar-refractivity contribution < 1.29 is 9.53 Å². The number of aryl methyl sites for hydroxylation is 2. The van der Waals surface area contributed by atoms with E-state index in [2.05, 4.69) is 10.3 Å². The second-order valence-corrected chi connectivity index (χ2v) is 6.86. The number of carbonyl (C=O) groups is 1. The molecular formula is C23H28N4O2. The Bertz CT molecular complexity index is 909. The van der Waals surface area contributed by atoms with Gasteiger partial charge in [-0.15, -0.1) is 0 Å². The van der Waals surface area contributed by atoms with E-state index in [1.165, 1.54) is 0 Å². The molecule has 2 aromatic carbocycles. The van der Waals surface area contributed by atoms with Crippen molar-refractivity contribution in [3.8, 4) is 5.75 Å². The first kappa shape index (κ1) is 20.5. The van der Waals surface area contributed by atoms with E-state index < -0.39 is 0 Å². The van der Waals surface area contributed by atoms with E-state index in [0.29, 0.717) is 19.7 Å². The van der Waals surface area contributed by atoms with Crippen molar-refractivity contribution in [1.29, 1.82) is 0 Å². The van der Waals surface area contributed by atoms with E-state index in [1.54, 1.807) is 12.5 Å². The van der Waals surface area contributed by atoms with Crippen molar-refractivity contribution in [2.24, 2.45) is 0 Å². The zero-order valence-corrected chi connectivity index (χ0v) is 17.0. The molecule has 0 aliphatic heterocycles. The predicted molar refractivity (Wildman–Crippen MR) is 115 cm³/mol. The topological polar surface area (TPSA) is 59.4 Å². The molecule has 152 valence electrons. The molecule has 0 aliphatic carbocycles. The second kappa shape index (κ2) is 10.3. The van der Waals surface area contributed by atoms with Crippen molar-refractivity contribution >= 4 is 11.7 Å². The van der Waals surface area contributed by atoms with Crippen molar-refractivity contribution in [3.63, 3.8) is 0 Å². The number of urea groups is 1. The van der Waals surface area contributed by atoms with Crippen LogP contribution in [0.3, 0.4) is 0 Å². The maximum atomic E-state index is 13.1. The van der Waals surface area contributed by atoms with Crippen LogP contribution in [0.15, 0.2) is 67.3 Å². The summed E-state index contributed by atoms with van der Waals surface area (Å²) in [6.07, 6.45) is 6.32. The third kappa shape index (κ3) is 5.85. The van der Waals surface area contributed by atoms with Gasteiger partial charge >= 0.3 is 6.03 Å². The summed E-state index contributed by atoms with van der Waals surface area (Å²) in [6.45, 7) is 6.45. The molecule has 0 radical (unpaired) electrons. The number of hydrogen-bond donors (Lipinski definition) is 1. The molecule has 3 rings (SSSR count). The smallest absolute Gasteiger partial charge is 0.322 e. The van der Waals surface area contributed by atoms with Gasteiger partial charge in [-0.1, -0.05) is 36.4 Å². The van der Waals surface area contributed by atoms with E-state index in [4.69, 9.17) is 4.74 Å². The molecule has 0 bridgehead atoms. The normalized spacial score (nSPS) is 10.6. The molecular weight excluding hydrogens is 364 g/mol. The highest BCUT2D eigenvalue weighted by Gasteiger charge is 2.17. The average Bonchev–Trinajstić information content (AvgIpc) is 3.24. The molecule has 0 spiro atoms. The fraction of sp³-hybridized carbons (Fsp3) is 0.304. The summed E-state index contributed by atoms with van der Waals surface area (Å²) >= 11 is 0. The van der Waals surface area contributed by atoms with Crippen molar-refractivity contribution in [2.75, 3.05) is 18.5 Å². The first-order chi connectivity index (χ1) is 14.2. The van der Waals surface area contributed by atoms with Crippen LogP contribution in [0.25, 0.3) is 0 Å². The maximum Gasteiger partial charge on any atom is 0.322 e. The Balaban J connectivity index is 1.73. The lowest BCUT2D eigenvalue weighted by atomic mass is 10.2. The molecule has 0 saturated heterocycles. The SMILES string of the molecule is CCOc1ccccc1CN(CCCn1ccnc1)C(=O)Nc1ccccc1C. The fourth-order valence-electron chi connectivity index (χ4n) is 3.16. The van der Waals surface area contributed by atoms with E-state index >= 15 is 0 Å². The molecule has 0 atom stereocenters. The lowest BCUT2D eigenvalue weighted by molar-refractivity contribution is 0.206. The summed E-state index contributed by atoms with van der Waals surface area (Å²) in [4.78, 5) is 19.0. The minimum Gasteiger partial charge on any atom is -0.494 e. The van der Waals surface area contributed by atoms with Gasteiger partial charge < -0.3 is 19.5 Å². The van der Waals surface area contributed by atoms with Crippen LogP contribution >= 0.6 is 0 Å². The molecule has 0 fully saturated rings. The average molecular weight is 393 g/mol. The molecule has 1 aromatic heterocycles. The third-order valence-corrected chi connectivity index (χ3v) is 4.71. The number of imidazole rings is 1. The lowest BCUT2D eigenvalue weighted by Crippen LogP contribution is -2.36. The molecule has 3 aromatic rings. The molecule has 0 unspecified atom stereocenters. The van der Waals surface area contributed by atoms with E-state index in [-0.39, 0.29) is 6.03 Å². The standard InChI is InChI=1S/C23H28N4O2/c1-3-29-22-12-7-5-10-20(22)17-27(15-8-14-26-16-13-24-18-26)23(28)25-21-11-6-4-9-19(21)2/h4-7,9-13,16,18H,3,8,14-15,17H2,1-2H3,(H,25,28). The third-order valence-electron chi connectivity index (χ3n) is 4.71. The predicted octanol–water partition coefficient (Wildman–Crippen LogP) is 4.71. The molecule has 29 heavy (non-hydrogen) atoms. The van der Waals surface area contributed by atoms with E-state index in [1.807, 2.05) is 78.0 Å². The summed E-state index contributed by atoms with van der Waals surface area (Å²) in [6, 6.07) is 15.6. The number of carbonyl (C=O) groups excluding carboxylic acids is 1. The summed E-state index contributed by atoms with van der Waals surface area (Å²) in [5.41, 5.74) is 2.86. The Morgan fingerprint density at radius 1 is 1.17 bits per heavy atom. The van der Waals surface area contributed by atoms with Crippen LogP contribution in [0.2, 0.25) is 0 Å². The van der Waals surface area contributed by atoms with Crippen molar-refractivity contribution in [1.82, 2.24) is 14.5 Å². The molecule has 2 amide bonds. The Hall–Kier alpha value is -3.28. The van der Waals surface area contributed by atoms with Gasteiger partial charge in [0.25, 0.3) is 0 Å². The maximum absolute atomic E-state index is 13.1. The molecule has 0 saturated carbocycles. The van der Waals surface area contributed by atoms with E-state index in [0.717, 1.165) is 35.5 Å². The number of amides is 2. The van der Waals surface area contributed by atoms with Crippen LogP contribution < -0.4 is 10.1 Å². The monoisotopic (exact) mass is 392 g/mol. The van der Waals surface area contributed by atoms with Crippen LogP contribution in [0.4, 0.5) is 10.5 Å². The van der Waals surface area contributed by atoms with Crippen LogP contribution in [-0.2, 0) is 13.1 Å². The largest absolute Gasteiger partial charge is 0.494 e. The zero-order chi connectivity index (χ0) is 20.5. The van der Waals surface area contributed by atoms with Gasteiger partial charge in [0.2, 0.25) is 0 Å². The molecule has 6 heteroatoms. The highest BCUT2D eigenvalue weighted by Crippen LogP contribution is 2.21. The highest BCUT2D eigenvalue weighted by molar-refractivity contribution is 5.90. The number of aromatic nitrogens is 2. The molecule has 0 aliphatic rings. The lowest BCUT2D eigenvalue weighted by Gasteiger charge is -2.25. The van der Waals surface area contributed by atoms with Gasteiger partial charge in [-0.2, -0.15) is 0 Å². The van der Waals surface area contributed by atoms with Gasteiger partial charge in [0.15, 0.2) is 0 Å². The Morgan fingerprint density at radius 2 is 1.97 bits per heavy atom. The molecule has 6 nitrogen and oxygen atoms in total. The zero-order valence-electron chi connectivity index (χ0n) is 17.0. The van der Waals surface area contributed by atoms with Gasteiger partial charge in [0.1, 0.15) is 5.75 Å². The van der Waals surface area contributed by atoms with Crippen molar-refractivity contribution in [3.05, 3.63) is 78.4 Å². The number of para-hydroxylation sites is 2. The first-order valence-electron chi connectivity index (χ1n) is 9.95. The number of anilines is 1. The number of rotatable bonds is 9. The van der Waals surface area contributed by atoms with Gasteiger partial charge in [-0.25, -0.2) is 9.78 Å². The van der Waals surface area contributed by atoms with Crippen LogP contribution in [0.5, 0.6) is 5.75 Å². The highest BCUT2D eigenvalue weighted by atomic mass is 16.5. The first-order valence-corrected chi connectivity index (χ1v) is 9.95. The van der Waals surface area contributed by atoms with Crippen molar-refractivity contribution in [2.45, 2.75) is 33.4 Å². The van der Waals surface area contributed by atoms with Gasteiger partial charge in [0, 0.05) is 36.7 Å². The number of nitrogens with one attached hydrogen (secondary N) is 1. The summed E-state index contributed by atoms with van der Waals surface area (Å²) in [5, 5.41) is 3.05. The number of hydrogen-bond acceptors (Lipinski definition) is 3. The summed E-state index contributed by atoms with van der Waals surface area (Å²) < 4.78 is 7.77.